The van der Waals surface area contributed by atoms with Crippen LogP contribution in [0.4, 0.5) is 4.79 Å². The fourth-order valence-electron chi connectivity index (χ4n) is 2.21. The number of amidine groups is 1. The summed E-state index contributed by atoms with van der Waals surface area (Å²) in [4.78, 5) is 23.4. The number of carbonyl (C=O) groups excluding carboxylic acids is 2. The summed E-state index contributed by atoms with van der Waals surface area (Å²) in [6, 6.07) is 9.83. The third kappa shape index (κ3) is 7.82. The zero-order valence-corrected chi connectivity index (χ0v) is 17.6. The van der Waals surface area contributed by atoms with Gasteiger partial charge in [0.1, 0.15) is 12.1 Å². The molecule has 154 valence electrons. The molecule has 1 heterocycles. The molecule has 4 N–H and O–H groups in total. The molecule has 29 heavy (non-hydrogen) atoms. The van der Waals surface area contributed by atoms with Crippen molar-refractivity contribution in [3.8, 4) is 11.3 Å². The SMILES string of the molecule is C/C(=C\SC(=N)NC(=O)CNC(=O)OC(C)(C)C)c1ccc(-c2ccn[nH]2)cc1. The summed E-state index contributed by atoms with van der Waals surface area (Å²) in [6.07, 6.45) is 1.02. The second-order valence-corrected chi connectivity index (χ2v) is 8.08. The minimum absolute atomic E-state index is 0.0329. The first-order valence-electron chi connectivity index (χ1n) is 8.93. The van der Waals surface area contributed by atoms with Crippen LogP contribution < -0.4 is 10.6 Å². The summed E-state index contributed by atoms with van der Waals surface area (Å²) in [5, 5.41) is 21.2. The minimum atomic E-state index is -0.679. The number of aromatic amines is 1. The predicted molar refractivity (Wildman–Crippen MR) is 115 cm³/mol. The average molecular weight is 416 g/mol. The summed E-state index contributed by atoms with van der Waals surface area (Å²) < 4.78 is 5.05. The highest BCUT2D eigenvalue weighted by Gasteiger charge is 2.16. The quantitative estimate of drug-likeness (QED) is 0.438. The zero-order valence-electron chi connectivity index (χ0n) is 16.8. The number of hydrogen-bond donors (Lipinski definition) is 4. The summed E-state index contributed by atoms with van der Waals surface area (Å²) in [5.74, 6) is -0.497. The number of nitrogens with one attached hydrogen (secondary N) is 4. The molecule has 8 nitrogen and oxygen atoms in total. The van der Waals surface area contributed by atoms with Gasteiger partial charge in [-0.05, 0) is 55.9 Å². The number of allylic oxidation sites excluding steroid dienone is 1. The van der Waals surface area contributed by atoms with Crippen LogP contribution in [0.1, 0.15) is 33.3 Å². The smallest absolute Gasteiger partial charge is 0.408 e. The molecule has 0 aliphatic carbocycles. The lowest BCUT2D eigenvalue weighted by molar-refractivity contribution is -0.118. The van der Waals surface area contributed by atoms with Crippen LogP contribution in [-0.4, -0.2) is 39.5 Å². The predicted octanol–water partition coefficient (Wildman–Crippen LogP) is 3.75. The third-order valence-corrected chi connectivity index (χ3v) is 4.36. The van der Waals surface area contributed by atoms with E-state index in [0.29, 0.717) is 0 Å². The second kappa shape index (κ2) is 9.92. The lowest BCUT2D eigenvalue weighted by Crippen LogP contribution is -2.40. The van der Waals surface area contributed by atoms with Crippen molar-refractivity contribution in [3.63, 3.8) is 0 Å². The van der Waals surface area contributed by atoms with Crippen molar-refractivity contribution in [3.05, 3.63) is 47.5 Å². The van der Waals surface area contributed by atoms with E-state index >= 15 is 0 Å². The van der Waals surface area contributed by atoms with Crippen LogP contribution in [-0.2, 0) is 9.53 Å². The van der Waals surface area contributed by atoms with E-state index in [-0.39, 0.29) is 11.7 Å². The molecule has 0 unspecified atom stereocenters. The van der Waals surface area contributed by atoms with Gasteiger partial charge in [0.15, 0.2) is 5.17 Å². The van der Waals surface area contributed by atoms with Gasteiger partial charge in [0.25, 0.3) is 0 Å². The molecule has 0 saturated heterocycles. The Labute approximate surface area is 174 Å². The van der Waals surface area contributed by atoms with Crippen LogP contribution >= 0.6 is 11.8 Å². The standard InChI is InChI=1S/C20H25N5O3S/c1-13(14-5-7-15(8-6-14)16-9-10-23-25-16)12-29-18(21)24-17(26)11-22-19(27)28-20(2,3)4/h5-10,12H,11H2,1-4H3,(H,22,27)(H,23,25)(H2,21,24,26)/b13-12+. The van der Waals surface area contributed by atoms with Gasteiger partial charge in [0.2, 0.25) is 5.91 Å². The lowest BCUT2D eigenvalue weighted by Gasteiger charge is -2.19. The van der Waals surface area contributed by atoms with Crippen LogP contribution in [0, 0.1) is 5.41 Å². The Kier molecular flexibility index (Phi) is 7.60. The van der Waals surface area contributed by atoms with Crippen LogP contribution in [0.3, 0.4) is 0 Å². The van der Waals surface area contributed by atoms with Crippen LogP contribution in [0.2, 0.25) is 0 Å². The Morgan fingerprint density at radius 1 is 1.24 bits per heavy atom. The fraction of sp³-hybridized carbons (Fsp3) is 0.300. The summed E-state index contributed by atoms with van der Waals surface area (Å²) in [6.45, 7) is 6.86. The monoisotopic (exact) mass is 415 g/mol. The van der Waals surface area contributed by atoms with E-state index in [1.807, 2.05) is 37.3 Å². The first-order valence-corrected chi connectivity index (χ1v) is 9.81. The average Bonchev–Trinajstić information content (AvgIpc) is 3.18. The topological polar surface area (TPSA) is 120 Å². The van der Waals surface area contributed by atoms with E-state index in [9.17, 15) is 9.59 Å². The maximum atomic E-state index is 11.8. The van der Waals surface area contributed by atoms with Crippen molar-refractivity contribution in [1.82, 2.24) is 20.8 Å². The number of thioether (sulfide) groups is 1. The largest absolute Gasteiger partial charge is 0.444 e. The number of nitrogens with zero attached hydrogens (tertiary/aromatic N) is 1. The van der Waals surface area contributed by atoms with Crippen molar-refractivity contribution in [1.29, 1.82) is 5.41 Å². The van der Waals surface area contributed by atoms with Gasteiger partial charge >= 0.3 is 6.09 Å². The molecular formula is C20H25N5O3S. The normalized spacial score (nSPS) is 11.7. The van der Waals surface area contributed by atoms with Crippen molar-refractivity contribution in [2.75, 3.05) is 6.54 Å². The fourth-order valence-corrected chi connectivity index (χ4v) is 2.82. The molecular weight excluding hydrogens is 390 g/mol. The van der Waals surface area contributed by atoms with Gasteiger partial charge in [-0.3, -0.25) is 15.3 Å². The highest BCUT2D eigenvalue weighted by atomic mass is 32.2. The van der Waals surface area contributed by atoms with E-state index in [1.54, 1.807) is 32.4 Å². The van der Waals surface area contributed by atoms with Crippen molar-refractivity contribution in [2.45, 2.75) is 33.3 Å². The first kappa shape index (κ1) is 22.2. The number of amides is 2. The Morgan fingerprint density at radius 3 is 2.52 bits per heavy atom. The van der Waals surface area contributed by atoms with Gasteiger partial charge in [-0.25, -0.2) is 4.79 Å². The van der Waals surface area contributed by atoms with Crippen LogP contribution in [0.5, 0.6) is 0 Å². The van der Waals surface area contributed by atoms with Gasteiger partial charge in [-0.15, -0.1) is 0 Å². The molecule has 0 atom stereocenters. The van der Waals surface area contributed by atoms with Crippen molar-refractivity contribution < 1.29 is 14.3 Å². The Morgan fingerprint density at radius 2 is 1.93 bits per heavy atom. The summed E-state index contributed by atoms with van der Waals surface area (Å²) >= 11 is 1.08. The number of benzene rings is 1. The number of H-pyrrole nitrogens is 1. The van der Waals surface area contributed by atoms with Gasteiger partial charge in [0.05, 0.1) is 5.69 Å². The molecule has 0 spiro atoms. The molecule has 0 aliphatic rings. The van der Waals surface area contributed by atoms with Gasteiger partial charge < -0.3 is 15.4 Å². The first-order chi connectivity index (χ1) is 13.6. The van der Waals surface area contributed by atoms with Gasteiger partial charge in [0, 0.05) is 6.20 Å². The van der Waals surface area contributed by atoms with E-state index in [1.165, 1.54) is 0 Å². The number of ether oxygens (including phenoxy) is 1. The van der Waals surface area contributed by atoms with Crippen LogP contribution in [0.25, 0.3) is 16.8 Å². The molecule has 0 aliphatic heterocycles. The molecule has 0 bridgehead atoms. The van der Waals surface area contributed by atoms with Crippen molar-refractivity contribution >= 4 is 34.5 Å². The van der Waals surface area contributed by atoms with E-state index in [4.69, 9.17) is 10.1 Å². The molecule has 1 aromatic heterocycles. The molecule has 2 rings (SSSR count). The Bertz CT molecular complexity index is 884. The molecule has 0 fully saturated rings. The van der Waals surface area contributed by atoms with Gasteiger partial charge in [-0.2, -0.15) is 5.10 Å². The molecule has 2 amide bonds. The maximum absolute atomic E-state index is 11.8. The van der Waals surface area contributed by atoms with Gasteiger partial charge in [-0.1, -0.05) is 36.0 Å². The highest BCUT2D eigenvalue weighted by molar-refractivity contribution is 8.16. The van der Waals surface area contributed by atoms with E-state index < -0.39 is 17.6 Å². The molecule has 2 aromatic rings. The van der Waals surface area contributed by atoms with Crippen molar-refractivity contribution in [2.24, 2.45) is 0 Å². The Balaban J connectivity index is 1.80. The zero-order chi connectivity index (χ0) is 21.4. The highest BCUT2D eigenvalue weighted by Crippen LogP contribution is 2.22. The van der Waals surface area contributed by atoms with E-state index in [2.05, 4.69) is 20.8 Å². The molecule has 9 heteroatoms. The number of hydrogen-bond acceptors (Lipinski definition) is 6. The summed E-state index contributed by atoms with van der Waals surface area (Å²) in [7, 11) is 0. The summed E-state index contributed by atoms with van der Waals surface area (Å²) in [5.41, 5.74) is 3.30. The number of carbonyl (C=O) groups is 2. The number of alkyl carbamates (subject to hydrolysis) is 1. The minimum Gasteiger partial charge on any atom is -0.444 e. The molecule has 0 saturated carbocycles. The molecule has 1 aromatic carbocycles. The third-order valence-electron chi connectivity index (χ3n) is 3.55. The molecule has 0 radical (unpaired) electrons. The maximum Gasteiger partial charge on any atom is 0.408 e. The second-order valence-electron chi connectivity index (χ2n) is 7.20. The lowest BCUT2D eigenvalue weighted by atomic mass is 10.1. The van der Waals surface area contributed by atoms with Crippen LogP contribution in [0.15, 0.2) is 41.9 Å². The Hall–Kier alpha value is -3.07. The number of aromatic nitrogens is 2. The van der Waals surface area contributed by atoms with E-state index in [0.717, 1.165) is 34.2 Å². The number of rotatable bonds is 5.